The molecule has 1 amide bonds. The van der Waals surface area contributed by atoms with Crippen LogP contribution in [0.1, 0.15) is 174 Å². The number of phosphoric ester groups is 1. The number of quaternary nitrogens is 1. The van der Waals surface area contributed by atoms with E-state index < -0.39 is 20.0 Å². The fraction of sp³-hybridized carbons (Fsp3) is 0.648. The summed E-state index contributed by atoms with van der Waals surface area (Å²) in [5, 5.41) is 13.8. The molecule has 0 aromatic carbocycles. The van der Waals surface area contributed by atoms with Gasteiger partial charge in [-0.05, 0) is 83.5 Å². The molecule has 0 aromatic heterocycles. The highest BCUT2D eigenvalue weighted by Crippen LogP contribution is 2.43. The third-order valence-corrected chi connectivity index (χ3v) is 11.2. The van der Waals surface area contributed by atoms with Gasteiger partial charge in [0.1, 0.15) is 13.2 Å². The Labute approximate surface area is 387 Å². The second-order valence-corrected chi connectivity index (χ2v) is 18.9. The Kier molecular flexibility index (Phi) is 42.4. The van der Waals surface area contributed by atoms with Crippen molar-refractivity contribution in [2.24, 2.45) is 0 Å². The van der Waals surface area contributed by atoms with Gasteiger partial charge in [0.05, 0.1) is 39.9 Å². The van der Waals surface area contributed by atoms with Crippen molar-refractivity contribution in [3.05, 3.63) is 109 Å². The SMILES string of the molecule is CC/C=C\C/C=C\C/C=C\C/C=C\C/C=C\C/C=C\CCC(=O)NC(COP(=O)(O)OCC[N+](C)(C)C)C(O)/C=C/CC/C=C/CC/C=C/CCCCCCCCCCCCCC. The predicted molar refractivity (Wildman–Crippen MR) is 272 cm³/mol. The van der Waals surface area contributed by atoms with Gasteiger partial charge in [-0.1, -0.05) is 194 Å². The van der Waals surface area contributed by atoms with E-state index in [4.69, 9.17) is 9.05 Å². The molecule has 63 heavy (non-hydrogen) atoms. The van der Waals surface area contributed by atoms with Crippen molar-refractivity contribution in [3.63, 3.8) is 0 Å². The number of carbonyl (C=O) groups excluding carboxylic acids is 1. The smallest absolute Gasteiger partial charge is 0.387 e. The van der Waals surface area contributed by atoms with Crippen LogP contribution < -0.4 is 5.32 Å². The first-order valence-electron chi connectivity index (χ1n) is 24.8. The number of carbonyl (C=O) groups is 1. The zero-order chi connectivity index (χ0) is 46.4. The molecule has 3 atom stereocenters. The van der Waals surface area contributed by atoms with Gasteiger partial charge in [0.15, 0.2) is 0 Å². The zero-order valence-electron chi connectivity index (χ0n) is 40.8. The Morgan fingerprint density at radius 2 is 0.968 bits per heavy atom. The van der Waals surface area contributed by atoms with Crippen LogP contribution in [0.15, 0.2) is 109 Å². The molecular weight excluding hydrogens is 804 g/mol. The van der Waals surface area contributed by atoms with Crippen molar-refractivity contribution in [2.75, 3.05) is 40.9 Å². The predicted octanol–water partition coefficient (Wildman–Crippen LogP) is 14.5. The summed E-state index contributed by atoms with van der Waals surface area (Å²) >= 11 is 0. The van der Waals surface area contributed by atoms with E-state index in [2.05, 4.69) is 104 Å². The molecule has 0 saturated heterocycles. The largest absolute Gasteiger partial charge is 0.472 e. The van der Waals surface area contributed by atoms with Crippen LogP contribution in [0.5, 0.6) is 0 Å². The quantitative estimate of drug-likeness (QED) is 0.0244. The molecule has 0 aliphatic heterocycles. The van der Waals surface area contributed by atoms with E-state index in [9.17, 15) is 19.4 Å². The lowest BCUT2D eigenvalue weighted by atomic mass is 10.0. The Morgan fingerprint density at radius 1 is 0.556 bits per heavy atom. The van der Waals surface area contributed by atoms with Gasteiger partial charge >= 0.3 is 7.82 Å². The van der Waals surface area contributed by atoms with Crippen molar-refractivity contribution in [1.82, 2.24) is 5.32 Å². The van der Waals surface area contributed by atoms with Crippen molar-refractivity contribution >= 4 is 13.7 Å². The highest BCUT2D eigenvalue weighted by molar-refractivity contribution is 7.47. The minimum Gasteiger partial charge on any atom is -0.387 e. The molecule has 8 nitrogen and oxygen atoms in total. The summed E-state index contributed by atoms with van der Waals surface area (Å²) in [5.41, 5.74) is 0. The van der Waals surface area contributed by atoms with Crippen LogP contribution in [0.3, 0.4) is 0 Å². The van der Waals surface area contributed by atoms with E-state index in [1.54, 1.807) is 6.08 Å². The number of hydrogen-bond acceptors (Lipinski definition) is 5. The minimum absolute atomic E-state index is 0.0337. The highest BCUT2D eigenvalue weighted by Gasteiger charge is 2.27. The molecule has 0 rings (SSSR count). The molecule has 0 fully saturated rings. The lowest BCUT2D eigenvalue weighted by Gasteiger charge is -2.25. The zero-order valence-corrected chi connectivity index (χ0v) is 41.7. The lowest BCUT2D eigenvalue weighted by Crippen LogP contribution is -2.45. The van der Waals surface area contributed by atoms with Gasteiger partial charge in [0.2, 0.25) is 5.91 Å². The molecule has 0 spiro atoms. The number of allylic oxidation sites excluding steroid dienone is 17. The van der Waals surface area contributed by atoms with Crippen LogP contribution >= 0.6 is 7.82 Å². The van der Waals surface area contributed by atoms with Crippen LogP contribution in [0, 0.1) is 0 Å². The van der Waals surface area contributed by atoms with E-state index in [0.717, 1.165) is 64.2 Å². The Bertz CT molecular complexity index is 1390. The first-order valence-corrected chi connectivity index (χ1v) is 26.3. The molecule has 9 heteroatoms. The van der Waals surface area contributed by atoms with Gasteiger partial charge in [-0.25, -0.2) is 4.57 Å². The number of nitrogens with zero attached hydrogens (tertiary/aromatic N) is 1. The second-order valence-electron chi connectivity index (χ2n) is 17.4. The summed E-state index contributed by atoms with van der Waals surface area (Å²) in [5.74, 6) is -0.277. The first-order chi connectivity index (χ1) is 30.5. The van der Waals surface area contributed by atoms with E-state index in [1.165, 1.54) is 83.5 Å². The number of unbranched alkanes of at least 4 members (excludes halogenated alkanes) is 14. The van der Waals surface area contributed by atoms with Crippen molar-refractivity contribution in [1.29, 1.82) is 0 Å². The molecule has 0 bridgehead atoms. The third-order valence-electron chi connectivity index (χ3n) is 10.2. The summed E-state index contributed by atoms with van der Waals surface area (Å²) in [7, 11) is 1.48. The Morgan fingerprint density at radius 3 is 1.44 bits per heavy atom. The molecule has 0 aliphatic rings. The van der Waals surface area contributed by atoms with E-state index in [0.29, 0.717) is 17.4 Å². The topological polar surface area (TPSA) is 105 Å². The van der Waals surface area contributed by atoms with E-state index >= 15 is 0 Å². The molecular formula is C54H94N2O6P+. The van der Waals surface area contributed by atoms with Gasteiger partial charge in [-0.2, -0.15) is 0 Å². The molecule has 0 heterocycles. The van der Waals surface area contributed by atoms with Crippen LogP contribution in [0.4, 0.5) is 0 Å². The fourth-order valence-corrected chi connectivity index (χ4v) is 7.07. The molecule has 0 aromatic rings. The van der Waals surface area contributed by atoms with Gasteiger partial charge in [0.25, 0.3) is 0 Å². The maximum Gasteiger partial charge on any atom is 0.472 e. The number of likely N-dealkylation sites (N-methyl/N-ethyl adjacent to an activating group) is 1. The van der Waals surface area contributed by atoms with Crippen LogP contribution in [0.2, 0.25) is 0 Å². The van der Waals surface area contributed by atoms with Gasteiger partial charge in [-0.3, -0.25) is 13.8 Å². The number of rotatable bonds is 43. The average Bonchev–Trinajstić information content (AvgIpc) is 3.24. The molecule has 3 unspecified atom stereocenters. The maximum atomic E-state index is 12.9. The number of aliphatic hydroxyl groups is 1. The van der Waals surface area contributed by atoms with Crippen molar-refractivity contribution < 1.29 is 32.9 Å². The lowest BCUT2D eigenvalue weighted by molar-refractivity contribution is -0.870. The fourth-order valence-electron chi connectivity index (χ4n) is 6.33. The van der Waals surface area contributed by atoms with Gasteiger partial charge in [-0.15, -0.1) is 0 Å². The molecule has 360 valence electrons. The monoisotopic (exact) mass is 898 g/mol. The van der Waals surface area contributed by atoms with Crippen LogP contribution in [0.25, 0.3) is 0 Å². The van der Waals surface area contributed by atoms with Gasteiger partial charge < -0.3 is 19.8 Å². The molecule has 0 radical (unpaired) electrons. The highest BCUT2D eigenvalue weighted by atomic mass is 31.2. The number of nitrogens with one attached hydrogen (secondary N) is 1. The summed E-state index contributed by atoms with van der Waals surface area (Å²) < 4.78 is 23.5. The summed E-state index contributed by atoms with van der Waals surface area (Å²) in [6, 6.07) is -0.918. The standard InChI is InChI=1S/C54H93N2O6P/c1-6-8-10-12-14-16-18-20-22-24-26-27-28-30-31-33-35-37-39-41-43-45-47-53(57)52(51-62-63(59,60)61-50-49-56(3,4)5)55-54(58)48-46-44-42-40-38-36-34-32-29-25-23-21-19-17-15-13-11-9-7-2/h9,11,15,17,21,23,29-32,36-39,42,44-45,47,52-53,57H,6-8,10,12-14,16,18-20,22,24-28,33-35,40-41,43,46,48-51H2,1-5H3,(H-,55,58,59,60)/p+1/b11-9-,17-15-,23-21-,31-30+,32-29-,38-36-,39-37+,44-42-,47-45+. The Hall–Kier alpha value is -2.84. The molecule has 0 aliphatic carbocycles. The Balaban J connectivity index is 4.57. The minimum atomic E-state index is -4.38. The van der Waals surface area contributed by atoms with Crippen molar-refractivity contribution in [2.45, 2.75) is 187 Å². The number of aliphatic hydroxyl groups excluding tert-OH is 1. The molecule has 3 N–H and O–H groups in total. The van der Waals surface area contributed by atoms with E-state index in [-0.39, 0.29) is 25.5 Å². The second kappa shape index (κ2) is 44.4. The van der Waals surface area contributed by atoms with E-state index in [1.807, 2.05) is 39.4 Å². The van der Waals surface area contributed by atoms with Gasteiger partial charge in [0, 0.05) is 6.42 Å². The average molecular weight is 898 g/mol. The van der Waals surface area contributed by atoms with Crippen molar-refractivity contribution in [3.8, 4) is 0 Å². The maximum absolute atomic E-state index is 12.9. The number of hydrogen-bond donors (Lipinski definition) is 3. The number of amides is 1. The first kappa shape index (κ1) is 60.2. The number of phosphoric acid groups is 1. The van der Waals surface area contributed by atoms with Crippen LogP contribution in [-0.4, -0.2) is 73.4 Å². The summed E-state index contributed by atoms with van der Waals surface area (Å²) in [6.45, 7) is 4.59. The third kappa shape index (κ3) is 47.0. The summed E-state index contributed by atoms with van der Waals surface area (Å²) in [6.07, 6.45) is 64.8. The molecule has 0 saturated carbocycles. The normalized spacial score (nSPS) is 15.1. The van der Waals surface area contributed by atoms with Crippen LogP contribution in [-0.2, 0) is 18.4 Å². The summed E-state index contributed by atoms with van der Waals surface area (Å²) in [4.78, 5) is 23.1.